The summed E-state index contributed by atoms with van der Waals surface area (Å²) in [6.07, 6.45) is -4.54. The fraction of sp³-hybridized carbons (Fsp3) is 0.235. The molecule has 24 heavy (non-hydrogen) atoms. The molecule has 7 heteroatoms. The van der Waals surface area contributed by atoms with Crippen molar-refractivity contribution in [3.63, 3.8) is 0 Å². The van der Waals surface area contributed by atoms with Gasteiger partial charge in [-0.25, -0.2) is 8.78 Å². The van der Waals surface area contributed by atoms with Crippen molar-refractivity contribution < 1.29 is 26.7 Å². The van der Waals surface area contributed by atoms with E-state index in [9.17, 15) is 26.7 Å². The van der Waals surface area contributed by atoms with Crippen LogP contribution in [0.3, 0.4) is 0 Å². The van der Waals surface area contributed by atoms with E-state index in [1.54, 1.807) is 0 Å². The Labute approximate surface area is 135 Å². The van der Waals surface area contributed by atoms with Gasteiger partial charge in [0, 0.05) is 25.2 Å². The molecule has 0 bridgehead atoms. The van der Waals surface area contributed by atoms with E-state index in [1.165, 1.54) is 30.1 Å². The minimum absolute atomic E-state index is 0.0639. The van der Waals surface area contributed by atoms with Crippen LogP contribution in [0.25, 0.3) is 0 Å². The number of halogens is 5. The van der Waals surface area contributed by atoms with Crippen LogP contribution in [0.5, 0.6) is 0 Å². The first kappa shape index (κ1) is 17.9. The Morgan fingerprint density at radius 2 is 1.67 bits per heavy atom. The number of hydrogen-bond donors (Lipinski definition) is 0. The van der Waals surface area contributed by atoms with Crippen molar-refractivity contribution in [3.8, 4) is 0 Å². The summed E-state index contributed by atoms with van der Waals surface area (Å²) in [5.74, 6) is -1.86. The lowest BCUT2D eigenvalue weighted by molar-refractivity contribution is -0.137. The molecule has 0 aromatic heterocycles. The van der Waals surface area contributed by atoms with Crippen molar-refractivity contribution in [2.24, 2.45) is 0 Å². The molecular formula is C17H14F5NO. The second-order valence-electron chi connectivity index (χ2n) is 5.36. The van der Waals surface area contributed by atoms with Gasteiger partial charge in [0.05, 0.1) is 12.0 Å². The number of nitrogens with zero attached hydrogens (tertiary/aromatic N) is 1. The van der Waals surface area contributed by atoms with Crippen LogP contribution >= 0.6 is 0 Å². The zero-order valence-corrected chi connectivity index (χ0v) is 12.7. The number of likely N-dealkylation sites (N-methyl/N-ethyl adjacent to an activating group) is 1. The predicted molar refractivity (Wildman–Crippen MR) is 78.0 cm³/mol. The van der Waals surface area contributed by atoms with Crippen LogP contribution < -0.4 is 0 Å². The Kier molecular flexibility index (Phi) is 5.21. The number of rotatable bonds is 4. The molecule has 0 heterocycles. The maximum atomic E-state index is 13.6. The topological polar surface area (TPSA) is 20.3 Å². The standard InChI is InChI=1S/C17H14F5NO/c1-23(10-12-4-7-14(18)9-15(12)19)16(24)8-11-2-5-13(6-3-11)17(20,21)22/h2-7,9H,8,10H2,1H3. The summed E-state index contributed by atoms with van der Waals surface area (Å²) in [6, 6.07) is 7.33. The van der Waals surface area contributed by atoms with Gasteiger partial charge in [0.1, 0.15) is 11.6 Å². The Hall–Kier alpha value is -2.44. The van der Waals surface area contributed by atoms with Crippen LogP contribution in [0.1, 0.15) is 16.7 Å². The van der Waals surface area contributed by atoms with Crippen molar-refractivity contribution in [1.29, 1.82) is 0 Å². The molecule has 0 atom stereocenters. The zero-order chi connectivity index (χ0) is 17.9. The molecule has 0 unspecified atom stereocenters. The van der Waals surface area contributed by atoms with Gasteiger partial charge in [-0.2, -0.15) is 13.2 Å². The van der Waals surface area contributed by atoms with E-state index in [0.29, 0.717) is 5.56 Å². The number of carbonyl (C=O) groups is 1. The van der Waals surface area contributed by atoms with Gasteiger partial charge in [-0.05, 0) is 23.8 Å². The average Bonchev–Trinajstić information content (AvgIpc) is 2.49. The molecule has 2 aromatic rings. The number of amides is 1. The van der Waals surface area contributed by atoms with E-state index in [2.05, 4.69) is 0 Å². The van der Waals surface area contributed by atoms with Crippen LogP contribution in [0.4, 0.5) is 22.0 Å². The molecule has 1 amide bonds. The third-order valence-electron chi connectivity index (χ3n) is 3.48. The molecule has 2 rings (SSSR count). The lowest BCUT2D eigenvalue weighted by Crippen LogP contribution is -2.28. The van der Waals surface area contributed by atoms with Gasteiger partial charge in [-0.1, -0.05) is 18.2 Å². The van der Waals surface area contributed by atoms with Gasteiger partial charge in [-0.15, -0.1) is 0 Å². The first-order chi connectivity index (χ1) is 11.2. The number of benzene rings is 2. The van der Waals surface area contributed by atoms with Gasteiger partial charge in [-0.3, -0.25) is 4.79 Å². The summed E-state index contributed by atoms with van der Waals surface area (Å²) in [6.45, 7) is -0.0639. The minimum atomic E-state index is -4.43. The van der Waals surface area contributed by atoms with Crippen LogP contribution in [0.15, 0.2) is 42.5 Å². The molecule has 0 N–H and O–H groups in total. The fourth-order valence-electron chi connectivity index (χ4n) is 2.11. The molecule has 2 aromatic carbocycles. The minimum Gasteiger partial charge on any atom is -0.341 e. The highest BCUT2D eigenvalue weighted by molar-refractivity contribution is 5.78. The summed E-state index contributed by atoms with van der Waals surface area (Å²) in [5.41, 5.74) is -0.223. The maximum Gasteiger partial charge on any atom is 0.416 e. The summed E-state index contributed by atoms with van der Waals surface area (Å²) in [5, 5.41) is 0. The number of alkyl halides is 3. The monoisotopic (exact) mass is 343 g/mol. The first-order valence-corrected chi connectivity index (χ1v) is 7.01. The smallest absolute Gasteiger partial charge is 0.341 e. The second kappa shape index (κ2) is 6.98. The SMILES string of the molecule is CN(Cc1ccc(F)cc1F)C(=O)Cc1ccc(C(F)(F)F)cc1. The first-order valence-electron chi connectivity index (χ1n) is 7.01. The van der Waals surface area contributed by atoms with Gasteiger partial charge in [0.2, 0.25) is 5.91 Å². The number of hydrogen-bond acceptors (Lipinski definition) is 1. The lowest BCUT2D eigenvalue weighted by Gasteiger charge is -2.18. The summed E-state index contributed by atoms with van der Waals surface area (Å²) in [7, 11) is 1.44. The van der Waals surface area contributed by atoms with E-state index < -0.39 is 29.3 Å². The molecule has 0 radical (unpaired) electrons. The molecule has 0 aliphatic heterocycles. The molecule has 2 nitrogen and oxygen atoms in total. The van der Waals surface area contributed by atoms with Crippen molar-refractivity contribution in [1.82, 2.24) is 4.90 Å². The number of carbonyl (C=O) groups excluding carboxylic acids is 1. The zero-order valence-electron chi connectivity index (χ0n) is 12.7. The highest BCUT2D eigenvalue weighted by atomic mass is 19.4. The molecule has 0 saturated heterocycles. The van der Waals surface area contributed by atoms with Crippen molar-refractivity contribution >= 4 is 5.91 Å². The van der Waals surface area contributed by atoms with Crippen LogP contribution in [0.2, 0.25) is 0 Å². The van der Waals surface area contributed by atoms with E-state index in [4.69, 9.17) is 0 Å². The van der Waals surface area contributed by atoms with Gasteiger partial charge < -0.3 is 4.90 Å². The molecule has 0 aliphatic rings. The quantitative estimate of drug-likeness (QED) is 0.763. The third-order valence-corrected chi connectivity index (χ3v) is 3.48. The lowest BCUT2D eigenvalue weighted by atomic mass is 10.1. The van der Waals surface area contributed by atoms with Crippen molar-refractivity contribution in [3.05, 3.63) is 70.8 Å². The van der Waals surface area contributed by atoms with E-state index in [1.807, 2.05) is 0 Å². The summed E-state index contributed by atoms with van der Waals surface area (Å²) >= 11 is 0. The van der Waals surface area contributed by atoms with E-state index >= 15 is 0 Å². The van der Waals surface area contributed by atoms with Gasteiger partial charge in [0.15, 0.2) is 0 Å². The normalized spacial score (nSPS) is 11.4. The Bertz CT molecular complexity index is 725. The van der Waals surface area contributed by atoms with Gasteiger partial charge >= 0.3 is 6.18 Å². The highest BCUT2D eigenvalue weighted by Gasteiger charge is 2.30. The Balaban J connectivity index is 2.01. The molecule has 0 saturated carbocycles. The Morgan fingerprint density at radius 3 is 2.21 bits per heavy atom. The fourth-order valence-corrected chi connectivity index (χ4v) is 2.11. The second-order valence-corrected chi connectivity index (χ2v) is 5.36. The maximum absolute atomic E-state index is 13.6. The molecular weight excluding hydrogens is 329 g/mol. The molecule has 0 spiro atoms. The highest BCUT2D eigenvalue weighted by Crippen LogP contribution is 2.29. The van der Waals surface area contributed by atoms with Crippen LogP contribution in [0, 0.1) is 11.6 Å². The van der Waals surface area contributed by atoms with Gasteiger partial charge in [0.25, 0.3) is 0 Å². The third kappa shape index (κ3) is 4.53. The van der Waals surface area contributed by atoms with Crippen molar-refractivity contribution in [2.45, 2.75) is 19.1 Å². The largest absolute Gasteiger partial charge is 0.416 e. The summed E-state index contributed by atoms with van der Waals surface area (Å²) < 4.78 is 63.9. The molecule has 128 valence electrons. The summed E-state index contributed by atoms with van der Waals surface area (Å²) in [4.78, 5) is 13.3. The Morgan fingerprint density at radius 1 is 1.04 bits per heavy atom. The van der Waals surface area contributed by atoms with E-state index in [0.717, 1.165) is 24.3 Å². The van der Waals surface area contributed by atoms with Crippen LogP contribution in [-0.4, -0.2) is 17.9 Å². The van der Waals surface area contributed by atoms with Crippen molar-refractivity contribution in [2.75, 3.05) is 7.05 Å². The average molecular weight is 343 g/mol. The molecule has 0 fully saturated rings. The molecule has 0 aliphatic carbocycles. The van der Waals surface area contributed by atoms with Crippen LogP contribution in [-0.2, 0) is 23.9 Å². The predicted octanol–water partition coefficient (Wildman–Crippen LogP) is 4.18. The van der Waals surface area contributed by atoms with E-state index in [-0.39, 0.29) is 18.5 Å².